The SMILES string of the molecule is FC(F)(F)C1CCCCC1NCc1cccc2c1OCO2. The molecule has 1 aromatic carbocycles. The summed E-state index contributed by atoms with van der Waals surface area (Å²) in [5, 5.41) is 3.07. The molecule has 2 atom stereocenters. The molecule has 3 rings (SSSR count). The van der Waals surface area contributed by atoms with Crippen molar-refractivity contribution in [1.29, 1.82) is 0 Å². The van der Waals surface area contributed by atoms with E-state index < -0.39 is 18.1 Å². The number of halogens is 3. The highest BCUT2D eigenvalue weighted by Crippen LogP contribution is 2.39. The summed E-state index contributed by atoms with van der Waals surface area (Å²) < 4.78 is 49.8. The molecule has 2 aliphatic rings. The molecule has 6 heteroatoms. The third-order valence-electron chi connectivity index (χ3n) is 4.22. The van der Waals surface area contributed by atoms with Gasteiger partial charge >= 0.3 is 6.18 Å². The van der Waals surface area contributed by atoms with E-state index in [1.165, 1.54) is 0 Å². The Bertz CT molecular complexity index is 504. The van der Waals surface area contributed by atoms with Crippen molar-refractivity contribution in [1.82, 2.24) is 5.32 Å². The number of nitrogens with one attached hydrogen (secondary N) is 1. The van der Waals surface area contributed by atoms with Crippen LogP contribution in [0.4, 0.5) is 13.2 Å². The van der Waals surface area contributed by atoms with Gasteiger partial charge in [0, 0.05) is 18.2 Å². The summed E-state index contributed by atoms with van der Waals surface area (Å²) >= 11 is 0. The second-order valence-electron chi connectivity index (χ2n) is 5.57. The predicted molar refractivity (Wildman–Crippen MR) is 71.2 cm³/mol. The average molecular weight is 301 g/mol. The van der Waals surface area contributed by atoms with E-state index in [1.54, 1.807) is 6.07 Å². The highest BCUT2D eigenvalue weighted by atomic mass is 19.4. The minimum absolute atomic E-state index is 0.168. The van der Waals surface area contributed by atoms with Crippen LogP contribution in [0.15, 0.2) is 18.2 Å². The Balaban J connectivity index is 1.68. The van der Waals surface area contributed by atoms with E-state index >= 15 is 0 Å². The molecule has 21 heavy (non-hydrogen) atoms. The zero-order chi connectivity index (χ0) is 14.9. The normalized spacial score (nSPS) is 25.1. The number of hydrogen-bond donors (Lipinski definition) is 1. The molecule has 116 valence electrons. The Labute approximate surface area is 121 Å². The smallest absolute Gasteiger partial charge is 0.393 e. The van der Waals surface area contributed by atoms with Crippen molar-refractivity contribution in [3.63, 3.8) is 0 Å². The highest BCUT2D eigenvalue weighted by Gasteiger charge is 2.45. The lowest BCUT2D eigenvalue weighted by atomic mass is 9.84. The molecule has 0 amide bonds. The quantitative estimate of drug-likeness (QED) is 0.925. The molecular formula is C15H18F3NO2. The van der Waals surface area contributed by atoms with Crippen LogP contribution in [0.25, 0.3) is 0 Å². The number of rotatable bonds is 3. The lowest BCUT2D eigenvalue weighted by molar-refractivity contribution is -0.189. The van der Waals surface area contributed by atoms with Gasteiger partial charge in [-0.3, -0.25) is 0 Å². The molecule has 1 aliphatic heterocycles. The molecule has 0 bridgehead atoms. The first-order valence-corrected chi connectivity index (χ1v) is 7.23. The Kier molecular flexibility index (Phi) is 3.97. The Morgan fingerprint density at radius 1 is 1.14 bits per heavy atom. The zero-order valence-corrected chi connectivity index (χ0v) is 11.6. The van der Waals surface area contributed by atoms with Crippen molar-refractivity contribution in [3.05, 3.63) is 23.8 Å². The Morgan fingerprint density at radius 3 is 2.76 bits per heavy atom. The van der Waals surface area contributed by atoms with Gasteiger partial charge in [0.05, 0.1) is 5.92 Å². The topological polar surface area (TPSA) is 30.5 Å². The molecular weight excluding hydrogens is 283 g/mol. The monoisotopic (exact) mass is 301 g/mol. The summed E-state index contributed by atoms with van der Waals surface area (Å²) in [6.07, 6.45) is -1.85. The number of alkyl halides is 3. The first kappa shape index (κ1) is 14.5. The standard InChI is InChI=1S/C15H18F3NO2/c16-15(17,18)11-5-1-2-6-12(11)19-8-10-4-3-7-13-14(10)21-9-20-13/h3-4,7,11-12,19H,1-2,5-6,8-9H2. The van der Waals surface area contributed by atoms with Crippen LogP contribution in [0, 0.1) is 5.92 Å². The highest BCUT2D eigenvalue weighted by molar-refractivity contribution is 5.48. The first-order valence-electron chi connectivity index (χ1n) is 7.23. The summed E-state index contributed by atoms with van der Waals surface area (Å²) in [5.74, 6) is 0.0508. The first-order chi connectivity index (χ1) is 10.1. The van der Waals surface area contributed by atoms with Crippen molar-refractivity contribution in [2.45, 2.75) is 44.4 Å². The van der Waals surface area contributed by atoms with Crippen LogP contribution in [0.1, 0.15) is 31.2 Å². The number of hydrogen-bond acceptors (Lipinski definition) is 3. The molecule has 1 fully saturated rings. The molecule has 0 radical (unpaired) electrons. The van der Waals surface area contributed by atoms with Gasteiger partial charge in [0.1, 0.15) is 0 Å². The van der Waals surface area contributed by atoms with Gasteiger partial charge in [0.25, 0.3) is 0 Å². The number of benzene rings is 1. The molecule has 1 saturated carbocycles. The fourth-order valence-corrected chi connectivity index (χ4v) is 3.14. The molecule has 0 saturated heterocycles. The van der Waals surface area contributed by atoms with E-state index in [1.807, 2.05) is 12.1 Å². The van der Waals surface area contributed by atoms with Crippen LogP contribution in [0.5, 0.6) is 11.5 Å². The van der Waals surface area contributed by atoms with Gasteiger partial charge < -0.3 is 14.8 Å². The average Bonchev–Trinajstić information content (AvgIpc) is 2.93. The molecule has 1 aromatic rings. The number of ether oxygens (including phenoxy) is 2. The van der Waals surface area contributed by atoms with E-state index in [0.717, 1.165) is 12.0 Å². The van der Waals surface area contributed by atoms with E-state index in [-0.39, 0.29) is 13.2 Å². The minimum atomic E-state index is -4.13. The zero-order valence-electron chi connectivity index (χ0n) is 11.6. The Hall–Kier alpha value is -1.43. The van der Waals surface area contributed by atoms with Crippen LogP contribution in [-0.4, -0.2) is 19.0 Å². The van der Waals surface area contributed by atoms with Crippen LogP contribution in [0.2, 0.25) is 0 Å². The van der Waals surface area contributed by atoms with Crippen LogP contribution in [-0.2, 0) is 6.54 Å². The third-order valence-corrected chi connectivity index (χ3v) is 4.22. The van der Waals surface area contributed by atoms with Crippen molar-refractivity contribution in [2.24, 2.45) is 5.92 Å². The van der Waals surface area contributed by atoms with Crippen LogP contribution < -0.4 is 14.8 Å². The van der Waals surface area contributed by atoms with Crippen LogP contribution in [0.3, 0.4) is 0 Å². The van der Waals surface area contributed by atoms with Gasteiger partial charge in [-0.1, -0.05) is 25.0 Å². The van der Waals surface area contributed by atoms with E-state index in [0.29, 0.717) is 30.9 Å². The maximum Gasteiger partial charge on any atom is 0.393 e. The second-order valence-corrected chi connectivity index (χ2v) is 5.57. The fourth-order valence-electron chi connectivity index (χ4n) is 3.14. The van der Waals surface area contributed by atoms with E-state index in [2.05, 4.69) is 5.32 Å². The molecule has 1 heterocycles. The maximum absolute atomic E-state index is 13.1. The van der Waals surface area contributed by atoms with Gasteiger partial charge in [-0.15, -0.1) is 0 Å². The molecule has 1 N–H and O–H groups in total. The van der Waals surface area contributed by atoms with Gasteiger partial charge in [-0.05, 0) is 18.9 Å². The lowest BCUT2D eigenvalue weighted by Crippen LogP contribution is -2.45. The predicted octanol–water partition coefficient (Wildman–Crippen LogP) is 3.63. The summed E-state index contributed by atoms with van der Waals surface area (Å²) in [6.45, 7) is 0.532. The Morgan fingerprint density at radius 2 is 1.95 bits per heavy atom. The summed E-state index contributed by atoms with van der Waals surface area (Å²) in [7, 11) is 0. The van der Waals surface area contributed by atoms with Gasteiger partial charge in [0.2, 0.25) is 6.79 Å². The summed E-state index contributed by atoms with van der Waals surface area (Å²) in [5.41, 5.74) is 0.844. The second kappa shape index (κ2) is 5.75. The van der Waals surface area contributed by atoms with E-state index in [4.69, 9.17) is 9.47 Å². The fraction of sp³-hybridized carbons (Fsp3) is 0.600. The summed E-state index contributed by atoms with van der Waals surface area (Å²) in [4.78, 5) is 0. The third kappa shape index (κ3) is 3.10. The molecule has 0 spiro atoms. The van der Waals surface area contributed by atoms with Gasteiger partial charge in [-0.25, -0.2) is 0 Å². The van der Waals surface area contributed by atoms with Crippen molar-refractivity contribution in [3.8, 4) is 11.5 Å². The van der Waals surface area contributed by atoms with E-state index in [9.17, 15) is 13.2 Å². The maximum atomic E-state index is 13.1. The van der Waals surface area contributed by atoms with Gasteiger partial charge in [-0.2, -0.15) is 13.2 Å². The van der Waals surface area contributed by atoms with Gasteiger partial charge in [0.15, 0.2) is 11.5 Å². The lowest BCUT2D eigenvalue weighted by Gasteiger charge is -2.33. The van der Waals surface area contributed by atoms with Crippen molar-refractivity contribution < 1.29 is 22.6 Å². The largest absolute Gasteiger partial charge is 0.454 e. The van der Waals surface area contributed by atoms with Crippen LogP contribution >= 0.6 is 0 Å². The molecule has 0 aromatic heterocycles. The summed E-state index contributed by atoms with van der Waals surface area (Å²) in [6, 6.07) is 4.96. The van der Waals surface area contributed by atoms with Crippen molar-refractivity contribution in [2.75, 3.05) is 6.79 Å². The minimum Gasteiger partial charge on any atom is -0.454 e. The molecule has 1 aliphatic carbocycles. The number of para-hydroxylation sites is 1. The molecule has 3 nitrogen and oxygen atoms in total. The number of fused-ring (bicyclic) bond motifs is 1. The molecule has 2 unspecified atom stereocenters. The van der Waals surface area contributed by atoms with Crippen molar-refractivity contribution >= 4 is 0 Å².